The quantitative estimate of drug-likeness (QED) is 0.304. The van der Waals surface area contributed by atoms with Crippen LogP contribution in [0.2, 0.25) is 5.02 Å². The van der Waals surface area contributed by atoms with Gasteiger partial charge in [-0.25, -0.2) is 14.8 Å². The molecule has 0 radical (unpaired) electrons. The van der Waals surface area contributed by atoms with Crippen LogP contribution in [0.15, 0.2) is 59.0 Å². The van der Waals surface area contributed by atoms with Gasteiger partial charge in [0.25, 0.3) is 0 Å². The monoisotopic (exact) mass is 475 g/mol. The van der Waals surface area contributed by atoms with Crippen LogP contribution < -0.4 is 21.7 Å². The second kappa shape index (κ2) is 7.89. The topological polar surface area (TPSA) is 141 Å². The Morgan fingerprint density at radius 3 is 2.85 bits per heavy atom. The highest BCUT2D eigenvalue weighted by atomic mass is 35.5. The number of rotatable bonds is 5. The van der Waals surface area contributed by atoms with Crippen molar-refractivity contribution in [3.8, 4) is 11.6 Å². The van der Waals surface area contributed by atoms with Gasteiger partial charge in [-0.3, -0.25) is 9.98 Å². The van der Waals surface area contributed by atoms with E-state index in [4.69, 9.17) is 21.6 Å². The number of fused-ring (bicyclic) bond motifs is 1. The lowest BCUT2D eigenvalue weighted by Gasteiger charge is -2.10. The van der Waals surface area contributed by atoms with E-state index < -0.39 is 5.69 Å². The third-order valence-corrected chi connectivity index (χ3v) is 5.71. The second-order valence-electron chi connectivity index (χ2n) is 7.94. The van der Waals surface area contributed by atoms with Gasteiger partial charge >= 0.3 is 5.69 Å². The van der Waals surface area contributed by atoms with Gasteiger partial charge in [-0.05, 0) is 37.1 Å². The van der Waals surface area contributed by atoms with E-state index in [2.05, 4.69) is 25.4 Å². The number of hydrogen-bond acceptors (Lipinski definition) is 7. The first-order valence-corrected chi connectivity index (χ1v) is 10.9. The minimum atomic E-state index is -0.506. The molecule has 0 saturated heterocycles. The number of aromatic hydroxyl groups is 1. The summed E-state index contributed by atoms with van der Waals surface area (Å²) in [6.45, 7) is 0. The van der Waals surface area contributed by atoms with Crippen molar-refractivity contribution in [2.24, 2.45) is 4.99 Å². The summed E-state index contributed by atoms with van der Waals surface area (Å²) in [7, 11) is 0. The van der Waals surface area contributed by atoms with Crippen LogP contribution in [0.4, 0.5) is 11.5 Å². The van der Waals surface area contributed by atoms with E-state index in [1.807, 2.05) is 35.0 Å². The van der Waals surface area contributed by atoms with Crippen molar-refractivity contribution in [1.82, 2.24) is 34.1 Å². The third kappa shape index (κ3) is 3.82. The Balaban J connectivity index is 1.45. The van der Waals surface area contributed by atoms with Crippen molar-refractivity contribution in [2.75, 3.05) is 5.32 Å². The van der Waals surface area contributed by atoms with Crippen LogP contribution in [0.3, 0.4) is 0 Å². The lowest BCUT2D eigenvalue weighted by Crippen LogP contribution is -2.19. The van der Waals surface area contributed by atoms with Crippen LogP contribution in [0, 0.1) is 0 Å². The first-order valence-electron chi connectivity index (χ1n) is 10.5. The molecule has 1 fully saturated rings. The molecular formula is C22H18ClN9O2. The predicted octanol–water partition coefficient (Wildman–Crippen LogP) is 1.64. The molecule has 6 rings (SSSR count). The van der Waals surface area contributed by atoms with Crippen LogP contribution >= 0.6 is 11.6 Å². The van der Waals surface area contributed by atoms with E-state index in [1.165, 1.54) is 0 Å². The molecule has 1 saturated carbocycles. The van der Waals surface area contributed by atoms with Gasteiger partial charge in [0.15, 0.2) is 11.1 Å². The van der Waals surface area contributed by atoms with Gasteiger partial charge < -0.3 is 20.0 Å². The molecule has 1 aliphatic carbocycles. The number of hydrogen-bond donors (Lipinski definition) is 4. The standard InChI is InChI=1S/C22H18ClN9O2/c23-15-8-14(31-6-5-24-11-31)3-4-16(15)27-18-9-19(26-13-1-2-13)32-20(29-18)12(10-25-32)7-17-21(33)30-22(34)28-17/h3-11,13,27,33H,1-2H2,(H2,28,30,34). The summed E-state index contributed by atoms with van der Waals surface area (Å²) in [6.07, 6.45) is 10.5. The zero-order valence-corrected chi connectivity index (χ0v) is 18.4. The lowest BCUT2D eigenvalue weighted by atomic mass is 10.2. The number of anilines is 2. The molecule has 11 nitrogen and oxygen atoms in total. The largest absolute Gasteiger partial charge is 0.493 e. The van der Waals surface area contributed by atoms with Crippen LogP contribution in [0.5, 0.6) is 5.88 Å². The Hall–Kier alpha value is -4.38. The van der Waals surface area contributed by atoms with Gasteiger partial charge in [0.05, 0.1) is 29.3 Å². The smallest absolute Gasteiger partial charge is 0.326 e. The Bertz CT molecular complexity index is 1690. The normalized spacial score (nSPS) is 14.9. The third-order valence-electron chi connectivity index (χ3n) is 5.40. The number of aromatic amines is 2. The molecule has 0 unspecified atom stereocenters. The summed E-state index contributed by atoms with van der Waals surface area (Å²) in [4.78, 5) is 29.9. The van der Waals surface area contributed by atoms with Gasteiger partial charge in [0.1, 0.15) is 11.5 Å². The molecule has 4 aromatic heterocycles. The molecule has 0 aliphatic heterocycles. The van der Waals surface area contributed by atoms with Crippen LogP contribution in [-0.2, 0) is 0 Å². The van der Waals surface area contributed by atoms with Crippen LogP contribution in [0.25, 0.3) is 17.4 Å². The average Bonchev–Trinajstić information content (AvgIpc) is 3.18. The fraction of sp³-hybridized carbons (Fsp3) is 0.136. The van der Waals surface area contributed by atoms with E-state index in [0.717, 1.165) is 18.5 Å². The summed E-state index contributed by atoms with van der Waals surface area (Å²) in [5.41, 5.74) is 2.45. The van der Waals surface area contributed by atoms with E-state index in [9.17, 15) is 9.90 Å². The zero-order valence-electron chi connectivity index (χ0n) is 17.6. The van der Waals surface area contributed by atoms with Crippen molar-refractivity contribution in [2.45, 2.75) is 18.9 Å². The summed E-state index contributed by atoms with van der Waals surface area (Å²) < 4.78 is 3.50. The SMILES string of the molecule is O=c1[nH]c(O)c(C=c2cnn3c(=NC4CC4)cc(Nc4ccc(-n5ccnc5)cc4Cl)nc23)[nH]1. The molecule has 12 heteroatoms. The van der Waals surface area contributed by atoms with Gasteiger partial charge in [-0.1, -0.05) is 11.6 Å². The average molecular weight is 476 g/mol. The molecule has 0 amide bonds. The molecule has 34 heavy (non-hydrogen) atoms. The minimum Gasteiger partial charge on any atom is -0.493 e. The summed E-state index contributed by atoms with van der Waals surface area (Å²) in [6, 6.07) is 7.71. The van der Waals surface area contributed by atoms with E-state index >= 15 is 0 Å². The molecular weight excluding hydrogens is 458 g/mol. The summed E-state index contributed by atoms with van der Waals surface area (Å²) in [5.74, 6) is 0.275. The molecule has 0 spiro atoms. The lowest BCUT2D eigenvalue weighted by molar-refractivity contribution is 0.454. The maximum absolute atomic E-state index is 11.5. The molecule has 170 valence electrons. The highest BCUT2D eigenvalue weighted by molar-refractivity contribution is 6.33. The first-order chi connectivity index (χ1) is 16.5. The zero-order chi connectivity index (χ0) is 23.2. The van der Waals surface area contributed by atoms with Crippen molar-refractivity contribution in [3.05, 3.63) is 81.1 Å². The molecule has 0 bridgehead atoms. The van der Waals surface area contributed by atoms with E-state index in [0.29, 0.717) is 32.9 Å². The Morgan fingerprint density at radius 2 is 2.15 bits per heavy atom. The summed E-state index contributed by atoms with van der Waals surface area (Å²) >= 11 is 6.55. The Kier molecular flexibility index (Phi) is 4.69. The van der Waals surface area contributed by atoms with Crippen molar-refractivity contribution >= 4 is 34.8 Å². The molecule has 1 aliphatic rings. The highest BCUT2D eigenvalue weighted by Crippen LogP contribution is 2.27. The number of aromatic nitrogens is 7. The van der Waals surface area contributed by atoms with Gasteiger partial charge in [-0.2, -0.15) is 9.61 Å². The number of nitrogens with one attached hydrogen (secondary N) is 3. The van der Waals surface area contributed by atoms with Crippen LogP contribution in [0.1, 0.15) is 18.5 Å². The van der Waals surface area contributed by atoms with Crippen molar-refractivity contribution < 1.29 is 5.11 Å². The van der Waals surface area contributed by atoms with Crippen molar-refractivity contribution in [1.29, 1.82) is 0 Å². The molecule has 4 N–H and O–H groups in total. The molecule has 0 atom stereocenters. The maximum atomic E-state index is 11.5. The number of benzene rings is 1. The molecule has 4 heterocycles. The molecule has 5 aromatic rings. The fourth-order valence-electron chi connectivity index (χ4n) is 3.58. The number of halogens is 1. The number of H-pyrrole nitrogens is 2. The van der Waals surface area contributed by atoms with Gasteiger partial charge in [-0.15, -0.1) is 0 Å². The maximum Gasteiger partial charge on any atom is 0.326 e. The minimum absolute atomic E-state index is 0.235. The van der Waals surface area contributed by atoms with Crippen LogP contribution in [-0.4, -0.2) is 45.3 Å². The Morgan fingerprint density at radius 1 is 1.26 bits per heavy atom. The fourth-order valence-corrected chi connectivity index (χ4v) is 3.80. The summed E-state index contributed by atoms with van der Waals surface area (Å²) in [5, 5.41) is 18.7. The van der Waals surface area contributed by atoms with Crippen molar-refractivity contribution in [3.63, 3.8) is 0 Å². The first kappa shape index (κ1) is 20.2. The van der Waals surface area contributed by atoms with E-state index in [1.54, 1.807) is 29.3 Å². The highest BCUT2D eigenvalue weighted by Gasteiger charge is 2.20. The van der Waals surface area contributed by atoms with E-state index in [-0.39, 0.29) is 17.6 Å². The molecule has 1 aromatic carbocycles. The van der Waals surface area contributed by atoms with Gasteiger partial charge in [0, 0.05) is 29.4 Å². The number of imidazole rings is 2. The van der Waals surface area contributed by atoms with Gasteiger partial charge in [0.2, 0.25) is 5.88 Å². The number of nitrogens with zero attached hydrogens (tertiary/aromatic N) is 6. The Labute approximate surface area is 196 Å². The predicted molar refractivity (Wildman–Crippen MR) is 125 cm³/mol. The second-order valence-corrected chi connectivity index (χ2v) is 8.35.